The molecule has 0 spiro atoms. The summed E-state index contributed by atoms with van der Waals surface area (Å²) in [5.74, 6) is 0. The van der Waals surface area contributed by atoms with Crippen LogP contribution in [-0.4, -0.2) is 12.2 Å². The van der Waals surface area contributed by atoms with Crippen LogP contribution in [0.1, 0.15) is 12.0 Å². The highest BCUT2D eigenvalue weighted by atomic mass is 35.5. The third-order valence-electron chi connectivity index (χ3n) is 1.83. The average Bonchev–Trinajstić information content (AvgIpc) is 2.02. The van der Waals surface area contributed by atoms with E-state index in [1.807, 2.05) is 6.07 Å². The molecule has 0 radical (unpaired) electrons. The molecule has 1 unspecified atom stereocenters. The van der Waals surface area contributed by atoms with Gasteiger partial charge in [0.05, 0.1) is 6.42 Å². The van der Waals surface area contributed by atoms with Crippen LogP contribution in [-0.2, 0) is 6.42 Å². The van der Waals surface area contributed by atoms with E-state index in [1.165, 1.54) is 0 Å². The molecule has 86 valence electrons. The smallest absolute Gasteiger partial charge is 0.327 e. The number of hydrogen-bond acceptors (Lipinski definition) is 1. The molecule has 0 aliphatic heterocycles. The van der Waals surface area contributed by atoms with E-state index in [0.717, 1.165) is 5.56 Å². The van der Waals surface area contributed by atoms with Crippen LogP contribution in [0.15, 0.2) is 30.3 Å². The molecule has 5 heteroatoms. The first-order valence-electron chi connectivity index (χ1n) is 4.33. The van der Waals surface area contributed by atoms with Gasteiger partial charge in [0.1, 0.15) is 0 Å². The van der Waals surface area contributed by atoms with Gasteiger partial charge in [-0.2, -0.15) is 13.2 Å². The molecule has 1 rings (SSSR count). The van der Waals surface area contributed by atoms with Crippen molar-refractivity contribution >= 4 is 12.4 Å². The number of halogens is 4. The van der Waals surface area contributed by atoms with Gasteiger partial charge in [0.25, 0.3) is 0 Å². The Morgan fingerprint density at radius 1 is 1.13 bits per heavy atom. The van der Waals surface area contributed by atoms with Gasteiger partial charge in [0.15, 0.2) is 0 Å². The van der Waals surface area contributed by atoms with Crippen molar-refractivity contribution < 1.29 is 13.2 Å². The maximum Gasteiger partial charge on any atom is 0.390 e. The second kappa shape index (κ2) is 5.98. The number of nitrogens with two attached hydrogens (primary N) is 1. The number of benzene rings is 1. The lowest BCUT2D eigenvalue weighted by Crippen LogP contribution is -2.29. The predicted octanol–water partition coefficient (Wildman–Crippen LogP) is 2.93. The monoisotopic (exact) mass is 239 g/mol. The van der Waals surface area contributed by atoms with Crippen LogP contribution in [0.4, 0.5) is 13.2 Å². The molecule has 1 aromatic carbocycles. The van der Waals surface area contributed by atoms with E-state index in [1.54, 1.807) is 24.3 Å². The second-order valence-corrected chi connectivity index (χ2v) is 3.27. The van der Waals surface area contributed by atoms with Crippen molar-refractivity contribution in [2.45, 2.75) is 25.1 Å². The van der Waals surface area contributed by atoms with Crippen molar-refractivity contribution in [3.05, 3.63) is 35.9 Å². The molecule has 1 aromatic rings. The van der Waals surface area contributed by atoms with E-state index in [4.69, 9.17) is 5.73 Å². The number of alkyl halides is 3. The molecule has 0 bridgehead atoms. The molecule has 0 aromatic heterocycles. The first-order chi connectivity index (χ1) is 6.47. The molecule has 1 nitrogen and oxygen atoms in total. The lowest BCUT2D eigenvalue weighted by atomic mass is 10.0. The van der Waals surface area contributed by atoms with Crippen molar-refractivity contribution in [3.63, 3.8) is 0 Å². The minimum atomic E-state index is -4.17. The topological polar surface area (TPSA) is 26.0 Å². The van der Waals surface area contributed by atoms with Crippen molar-refractivity contribution in [3.8, 4) is 0 Å². The van der Waals surface area contributed by atoms with Gasteiger partial charge in [-0.3, -0.25) is 0 Å². The number of rotatable bonds is 3. The SMILES string of the molecule is Cl.NC(Cc1ccccc1)CC(F)(F)F. The van der Waals surface area contributed by atoms with E-state index in [-0.39, 0.29) is 18.8 Å². The van der Waals surface area contributed by atoms with Gasteiger partial charge in [0.2, 0.25) is 0 Å². The Bertz CT molecular complexity index is 274. The molecule has 1 atom stereocenters. The molecule has 0 fully saturated rings. The van der Waals surface area contributed by atoms with Crippen LogP contribution in [0.3, 0.4) is 0 Å². The van der Waals surface area contributed by atoms with Gasteiger partial charge in [-0.05, 0) is 12.0 Å². The van der Waals surface area contributed by atoms with Gasteiger partial charge in [-0.1, -0.05) is 30.3 Å². The molecule has 0 saturated carbocycles. The molecule has 0 amide bonds. The van der Waals surface area contributed by atoms with Gasteiger partial charge >= 0.3 is 6.18 Å². The van der Waals surface area contributed by atoms with Gasteiger partial charge in [0, 0.05) is 6.04 Å². The van der Waals surface area contributed by atoms with Crippen molar-refractivity contribution in [2.24, 2.45) is 5.73 Å². The predicted molar refractivity (Wildman–Crippen MR) is 56.0 cm³/mol. The zero-order valence-electron chi connectivity index (χ0n) is 8.00. The Morgan fingerprint density at radius 2 is 1.67 bits per heavy atom. The summed E-state index contributed by atoms with van der Waals surface area (Å²) in [5.41, 5.74) is 6.21. The maximum absolute atomic E-state index is 11.9. The standard InChI is InChI=1S/C10H12F3N.ClH/c11-10(12,13)7-9(14)6-8-4-2-1-3-5-8;/h1-5,9H,6-7,14H2;1H. The molecular weight excluding hydrogens is 227 g/mol. The van der Waals surface area contributed by atoms with Crippen LogP contribution in [0.5, 0.6) is 0 Å². The average molecular weight is 240 g/mol. The van der Waals surface area contributed by atoms with E-state index in [2.05, 4.69) is 0 Å². The first-order valence-corrected chi connectivity index (χ1v) is 4.33. The van der Waals surface area contributed by atoms with Crippen molar-refractivity contribution in [1.29, 1.82) is 0 Å². The third kappa shape index (κ3) is 6.36. The minimum absolute atomic E-state index is 0. The Morgan fingerprint density at radius 3 is 2.13 bits per heavy atom. The summed E-state index contributed by atoms with van der Waals surface area (Å²) in [6.07, 6.45) is -4.84. The molecule has 0 saturated heterocycles. The zero-order valence-corrected chi connectivity index (χ0v) is 8.81. The van der Waals surface area contributed by atoms with E-state index < -0.39 is 18.6 Å². The molecule has 0 aliphatic carbocycles. The Kier molecular flexibility index (Phi) is 5.68. The zero-order chi connectivity index (χ0) is 10.6. The summed E-state index contributed by atoms with van der Waals surface area (Å²) < 4.78 is 35.8. The summed E-state index contributed by atoms with van der Waals surface area (Å²) in [4.78, 5) is 0. The Balaban J connectivity index is 0.00000196. The van der Waals surface area contributed by atoms with E-state index >= 15 is 0 Å². The Hall–Kier alpha value is -0.740. The molecular formula is C10H13ClF3N. The normalized spacial score (nSPS) is 13.1. The van der Waals surface area contributed by atoms with Crippen LogP contribution in [0, 0.1) is 0 Å². The highest BCUT2D eigenvalue weighted by Gasteiger charge is 2.30. The van der Waals surface area contributed by atoms with Gasteiger partial charge in [-0.15, -0.1) is 12.4 Å². The maximum atomic E-state index is 11.9. The fraction of sp³-hybridized carbons (Fsp3) is 0.400. The van der Waals surface area contributed by atoms with Gasteiger partial charge in [-0.25, -0.2) is 0 Å². The third-order valence-corrected chi connectivity index (χ3v) is 1.83. The summed E-state index contributed by atoms with van der Waals surface area (Å²) in [5, 5.41) is 0. The van der Waals surface area contributed by atoms with Crippen LogP contribution < -0.4 is 5.73 Å². The van der Waals surface area contributed by atoms with Crippen LogP contribution in [0.2, 0.25) is 0 Å². The fourth-order valence-corrected chi connectivity index (χ4v) is 1.29. The highest BCUT2D eigenvalue weighted by molar-refractivity contribution is 5.85. The summed E-state index contributed by atoms with van der Waals surface area (Å²) >= 11 is 0. The number of hydrogen-bond donors (Lipinski definition) is 1. The largest absolute Gasteiger partial charge is 0.390 e. The van der Waals surface area contributed by atoms with E-state index in [9.17, 15) is 13.2 Å². The quantitative estimate of drug-likeness (QED) is 0.862. The van der Waals surface area contributed by atoms with Crippen molar-refractivity contribution in [1.82, 2.24) is 0 Å². The molecule has 0 heterocycles. The molecule has 15 heavy (non-hydrogen) atoms. The van der Waals surface area contributed by atoms with Crippen molar-refractivity contribution in [2.75, 3.05) is 0 Å². The van der Waals surface area contributed by atoms with Crippen LogP contribution in [0.25, 0.3) is 0 Å². The summed E-state index contributed by atoms with van der Waals surface area (Å²) in [6.45, 7) is 0. The van der Waals surface area contributed by atoms with Gasteiger partial charge < -0.3 is 5.73 Å². The van der Waals surface area contributed by atoms with E-state index in [0.29, 0.717) is 0 Å². The highest BCUT2D eigenvalue weighted by Crippen LogP contribution is 2.22. The summed E-state index contributed by atoms with van der Waals surface area (Å²) in [7, 11) is 0. The lowest BCUT2D eigenvalue weighted by molar-refractivity contribution is -0.138. The lowest BCUT2D eigenvalue weighted by Gasteiger charge is -2.13. The molecule has 0 aliphatic rings. The van der Waals surface area contributed by atoms with Crippen LogP contribution >= 0.6 is 12.4 Å². The minimum Gasteiger partial charge on any atom is -0.327 e. The molecule has 2 N–H and O–H groups in total. The Labute approximate surface area is 92.9 Å². The summed E-state index contributed by atoms with van der Waals surface area (Å²) in [6, 6.07) is 8.09. The first kappa shape index (κ1) is 14.3. The second-order valence-electron chi connectivity index (χ2n) is 3.27. The fourth-order valence-electron chi connectivity index (χ4n) is 1.29.